The second-order valence-electron chi connectivity index (χ2n) is 6.03. The van der Waals surface area contributed by atoms with E-state index in [4.69, 9.17) is 5.10 Å². The smallest absolute Gasteiger partial charge is 0.0629 e. The molecule has 1 aromatic heterocycles. The van der Waals surface area contributed by atoms with E-state index in [0.29, 0.717) is 6.04 Å². The first-order chi connectivity index (χ1) is 9.17. The van der Waals surface area contributed by atoms with Crippen molar-refractivity contribution in [3.63, 3.8) is 0 Å². The molecule has 3 nitrogen and oxygen atoms in total. The summed E-state index contributed by atoms with van der Waals surface area (Å²) in [4.78, 5) is 0. The molecule has 108 valence electrons. The van der Waals surface area contributed by atoms with Crippen molar-refractivity contribution in [1.29, 1.82) is 0 Å². The van der Waals surface area contributed by atoms with Crippen LogP contribution < -0.4 is 5.32 Å². The molecule has 1 N–H and O–H groups in total. The molecule has 0 aromatic carbocycles. The highest BCUT2D eigenvalue weighted by Crippen LogP contribution is 2.34. The fourth-order valence-corrected chi connectivity index (χ4v) is 3.46. The SMILES string of the molecule is CCC1CCC(n2nc(C)c(CCNC)c2C)CC1. The molecule has 0 bridgehead atoms. The van der Waals surface area contributed by atoms with Gasteiger partial charge < -0.3 is 5.32 Å². The molecule has 1 saturated carbocycles. The van der Waals surface area contributed by atoms with Gasteiger partial charge in [-0.1, -0.05) is 13.3 Å². The topological polar surface area (TPSA) is 29.9 Å². The molecule has 1 aliphatic carbocycles. The van der Waals surface area contributed by atoms with E-state index in [0.717, 1.165) is 18.9 Å². The van der Waals surface area contributed by atoms with E-state index in [1.54, 1.807) is 0 Å². The van der Waals surface area contributed by atoms with Gasteiger partial charge in [-0.15, -0.1) is 0 Å². The van der Waals surface area contributed by atoms with E-state index in [-0.39, 0.29) is 0 Å². The lowest BCUT2D eigenvalue weighted by Crippen LogP contribution is -2.20. The zero-order valence-electron chi connectivity index (χ0n) is 13.0. The van der Waals surface area contributed by atoms with Crippen LogP contribution in [0.25, 0.3) is 0 Å². The summed E-state index contributed by atoms with van der Waals surface area (Å²) in [5, 5.41) is 8.06. The molecule has 0 amide bonds. The molecule has 0 aliphatic heterocycles. The molecule has 0 spiro atoms. The van der Waals surface area contributed by atoms with Gasteiger partial charge in [0.2, 0.25) is 0 Å². The summed E-state index contributed by atoms with van der Waals surface area (Å²) in [6, 6.07) is 0.643. The number of hydrogen-bond donors (Lipinski definition) is 1. The molecule has 0 unspecified atom stereocenters. The number of aromatic nitrogens is 2. The second kappa shape index (κ2) is 6.56. The number of nitrogens with zero attached hydrogens (tertiary/aromatic N) is 2. The number of rotatable bonds is 5. The van der Waals surface area contributed by atoms with Crippen molar-refractivity contribution < 1.29 is 0 Å². The maximum absolute atomic E-state index is 4.83. The molecule has 0 saturated heterocycles. The van der Waals surface area contributed by atoms with Crippen molar-refractivity contribution in [2.45, 2.75) is 65.3 Å². The highest BCUT2D eigenvalue weighted by molar-refractivity contribution is 5.25. The van der Waals surface area contributed by atoms with Crippen molar-refractivity contribution in [3.05, 3.63) is 17.0 Å². The Kier molecular flexibility index (Phi) is 5.03. The van der Waals surface area contributed by atoms with Gasteiger partial charge in [-0.25, -0.2) is 0 Å². The average Bonchev–Trinajstić information content (AvgIpc) is 2.72. The first-order valence-corrected chi connectivity index (χ1v) is 7.86. The fourth-order valence-electron chi connectivity index (χ4n) is 3.46. The standard InChI is InChI=1S/C16H29N3/c1-5-14-6-8-15(9-7-14)19-13(3)16(10-11-17-4)12(2)18-19/h14-15,17H,5-11H2,1-4H3. The zero-order valence-corrected chi connectivity index (χ0v) is 13.0. The van der Waals surface area contributed by atoms with Crippen molar-refractivity contribution in [2.75, 3.05) is 13.6 Å². The van der Waals surface area contributed by atoms with Crippen LogP contribution >= 0.6 is 0 Å². The van der Waals surface area contributed by atoms with Crippen LogP contribution in [-0.2, 0) is 6.42 Å². The van der Waals surface area contributed by atoms with Gasteiger partial charge in [-0.2, -0.15) is 5.10 Å². The fraction of sp³-hybridized carbons (Fsp3) is 0.812. The molecule has 1 aromatic rings. The van der Waals surface area contributed by atoms with Gasteiger partial charge in [0.25, 0.3) is 0 Å². The minimum atomic E-state index is 0.643. The summed E-state index contributed by atoms with van der Waals surface area (Å²) in [6.45, 7) is 7.77. The zero-order chi connectivity index (χ0) is 13.8. The van der Waals surface area contributed by atoms with E-state index < -0.39 is 0 Å². The summed E-state index contributed by atoms with van der Waals surface area (Å²) in [5.74, 6) is 0.956. The predicted octanol–water partition coefficient (Wildman–Crippen LogP) is 3.40. The lowest BCUT2D eigenvalue weighted by atomic mass is 9.84. The molecular formula is C16H29N3. The maximum atomic E-state index is 4.83. The van der Waals surface area contributed by atoms with Crippen LogP contribution in [0.3, 0.4) is 0 Å². The number of likely N-dealkylation sites (N-methyl/N-ethyl adjacent to an activating group) is 1. The Morgan fingerprint density at radius 3 is 2.47 bits per heavy atom. The van der Waals surface area contributed by atoms with Crippen molar-refractivity contribution in [1.82, 2.24) is 15.1 Å². The van der Waals surface area contributed by atoms with Gasteiger partial charge in [-0.3, -0.25) is 4.68 Å². The maximum Gasteiger partial charge on any atom is 0.0629 e. The average molecular weight is 263 g/mol. The summed E-state index contributed by atoms with van der Waals surface area (Å²) >= 11 is 0. The summed E-state index contributed by atoms with van der Waals surface area (Å²) in [7, 11) is 2.01. The van der Waals surface area contributed by atoms with E-state index >= 15 is 0 Å². The van der Waals surface area contributed by atoms with Crippen LogP contribution in [0.5, 0.6) is 0 Å². The molecule has 0 atom stereocenters. The van der Waals surface area contributed by atoms with Gasteiger partial charge in [0.15, 0.2) is 0 Å². The van der Waals surface area contributed by atoms with E-state index in [1.165, 1.54) is 49.1 Å². The predicted molar refractivity (Wildman–Crippen MR) is 80.6 cm³/mol. The Hall–Kier alpha value is -0.830. The lowest BCUT2D eigenvalue weighted by Gasteiger charge is -2.28. The van der Waals surface area contributed by atoms with Gasteiger partial charge in [0.05, 0.1) is 11.7 Å². The van der Waals surface area contributed by atoms with Crippen LogP contribution in [-0.4, -0.2) is 23.4 Å². The van der Waals surface area contributed by atoms with E-state index in [9.17, 15) is 0 Å². The Morgan fingerprint density at radius 2 is 1.89 bits per heavy atom. The van der Waals surface area contributed by atoms with Gasteiger partial charge >= 0.3 is 0 Å². The van der Waals surface area contributed by atoms with Gasteiger partial charge in [0, 0.05) is 5.69 Å². The highest BCUT2D eigenvalue weighted by Gasteiger charge is 2.24. The highest BCUT2D eigenvalue weighted by atomic mass is 15.3. The second-order valence-corrected chi connectivity index (χ2v) is 6.03. The van der Waals surface area contributed by atoms with Crippen LogP contribution in [0.2, 0.25) is 0 Å². The summed E-state index contributed by atoms with van der Waals surface area (Å²) in [5.41, 5.74) is 4.07. The minimum Gasteiger partial charge on any atom is -0.319 e. The normalized spacial score (nSPS) is 23.8. The molecular weight excluding hydrogens is 234 g/mol. The molecule has 1 fully saturated rings. The largest absolute Gasteiger partial charge is 0.319 e. The monoisotopic (exact) mass is 263 g/mol. The minimum absolute atomic E-state index is 0.643. The summed E-state index contributed by atoms with van der Waals surface area (Å²) < 4.78 is 2.33. The van der Waals surface area contributed by atoms with Crippen molar-refractivity contribution in [3.8, 4) is 0 Å². The molecule has 3 heteroatoms. The molecule has 19 heavy (non-hydrogen) atoms. The Morgan fingerprint density at radius 1 is 1.21 bits per heavy atom. The Labute approximate surface area is 117 Å². The Bertz CT molecular complexity index is 400. The van der Waals surface area contributed by atoms with E-state index in [1.807, 2.05) is 7.05 Å². The van der Waals surface area contributed by atoms with Crippen LogP contribution in [0.15, 0.2) is 0 Å². The number of nitrogens with one attached hydrogen (secondary N) is 1. The lowest BCUT2D eigenvalue weighted by molar-refractivity contribution is 0.253. The Balaban J connectivity index is 2.08. The van der Waals surface area contributed by atoms with Gasteiger partial charge in [0.1, 0.15) is 0 Å². The van der Waals surface area contributed by atoms with Crippen LogP contribution in [0.4, 0.5) is 0 Å². The summed E-state index contributed by atoms with van der Waals surface area (Å²) in [6.07, 6.45) is 7.82. The molecule has 0 radical (unpaired) electrons. The quantitative estimate of drug-likeness (QED) is 0.882. The third-order valence-corrected chi connectivity index (χ3v) is 4.84. The molecule has 1 heterocycles. The molecule has 2 rings (SSSR count). The molecule has 1 aliphatic rings. The van der Waals surface area contributed by atoms with Crippen molar-refractivity contribution >= 4 is 0 Å². The third kappa shape index (κ3) is 3.19. The van der Waals surface area contributed by atoms with Crippen LogP contribution in [0.1, 0.15) is 62.0 Å². The third-order valence-electron chi connectivity index (χ3n) is 4.84. The first-order valence-electron chi connectivity index (χ1n) is 7.86. The van der Waals surface area contributed by atoms with E-state index in [2.05, 4.69) is 30.8 Å². The van der Waals surface area contributed by atoms with Crippen molar-refractivity contribution in [2.24, 2.45) is 5.92 Å². The van der Waals surface area contributed by atoms with Crippen LogP contribution in [0, 0.1) is 19.8 Å². The van der Waals surface area contributed by atoms with Gasteiger partial charge in [-0.05, 0) is 71.0 Å². The number of hydrogen-bond acceptors (Lipinski definition) is 2. The number of aryl methyl sites for hydroxylation is 1. The first kappa shape index (κ1) is 14.6.